The van der Waals surface area contributed by atoms with Crippen molar-refractivity contribution in [3.8, 4) is 11.5 Å². The van der Waals surface area contributed by atoms with Crippen LogP contribution in [-0.4, -0.2) is 16.8 Å². The summed E-state index contributed by atoms with van der Waals surface area (Å²) in [6.45, 7) is 0.725. The van der Waals surface area contributed by atoms with E-state index in [1.165, 1.54) is 0 Å². The van der Waals surface area contributed by atoms with Crippen LogP contribution in [0.15, 0.2) is 91.3 Å². The van der Waals surface area contributed by atoms with E-state index in [2.05, 4.69) is 10.3 Å². The van der Waals surface area contributed by atoms with Gasteiger partial charge in [-0.3, -0.25) is 14.6 Å². The van der Waals surface area contributed by atoms with Gasteiger partial charge in [-0.05, 0) is 66.2 Å². The Kier molecular flexibility index (Phi) is 7.34. The van der Waals surface area contributed by atoms with E-state index in [0.717, 1.165) is 11.1 Å². The van der Waals surface area contributed by atoms with E-state index >= 15 is 0 Å². The van der Waals surface area contributed by atoms with Gasteiger partial charge in [-0.25, -0.2) is 0 Å². The first-order valence-electron chi connectivity index (χ1n) is 10.7. The van der Waals surface area contributed by atoms with Gasteiger partial charge in [-0.2, -0.15) is 0 Å². The first-order chi connectivity index (χ1) is 16.6. The molecule has 0 saturated heterocycles. The van der Waals surface area contributed by atoms with Crippen LogP contribution in [0.3, 0.4) is 0 Å². The molecule has 2 heterocycles. The zero-order chi connectivity index (χ0) is 23.5. The van der Waals surface area contributed by atoms with Crippen molar-refractivity contribution < 1.29 is 14.3 Å². The number of aromatic nitrogens is 1. The van der Waals surface area contributed by atoms with Crippen LogP contribution < -0.4 is 15.0 Å². The van der Waals surface area contributed by atoms with Gasteiger partial charge in [0, 0.05) is 40.7 Å². The first-order valence-corrected chi connectivity index (χ1v) is 11.1. The Bertz CT molecular complexity index is 1360. The SMILES string of the molecule is Cl.O=C(NCc1ccncc1)c1ccc(C(=O)N2Cc3ccccc3Oc3ccc(Cl)cc32)cc1. The molecule has 176 valence electrons. The molecule has 3 aromatic carbocycles. The van der Waals surface area contributed by atoms with E-state index in [1.807, 2.05) is 36.4 Å². The summed E-state index contributed by atoms with van der Waals surface area (Å²) in [6.07, 6.45) is 3.36. The molecule has 6 nitrogen and oxygen atoms in total. The summed E-state index contributed by atoms with van der Waals surface area (Å²) in [5, 5.41) is 3.38. The van der Waals surface area contributed by atoms with Gasteiger partial charge >= 0.3 is 0 Å². The molecule has 2 amide bonds. The Hall–Kier alpha value is -3.87. The molecule has 4 aromatic rings. The molecular formula is C27H21Cl2N3O3. The molecule has 0 radical (unpaired) electrons. The molecule has 0 aliphatic carbocycles. The average Bonchev–Trinajstić information content (AvgIpc) is 3.04. The number of nitrogens with one attached hydrogen (secondary N) is 1. The zero-order valence-electron chi connectivity index (χ0n) is 18.5. The Morgan fingerprint density at radius 1 is 0.914 bits per heavy atom. The van der Waals surface area contributed by atoms with Gasteiger partial charge in [0.2, 0.25) is 0 Å². The van der Waals surface area contributed by atoms with Crippen molar-refractivity contribution in [1.29, 1.82) is 0 Å². The van der Waals surface area contributed by atoms with Crippen molar-refractivity contribution in [2.24, 2.45) is 0 Å². The fourth-order valence-corrected chi connectivity index (χ4v) is 3.95. The number of para-hydroxylation sites is 1. The molecule has 35 heavy (non-hydrogen) atoms. The third-order valence-corrected chi connectivity index (χ3v) is 5.81. The van der Waals surface area contributed by atoms with Crippen LogP contribution in [0, 0.1) is 0 Å². The average molecular weight is 506 g/mol. The minimum atomic E-state index is -0.218. The van der Waals surface area contributed by atoms with Crippen molar-refractivity contribution in [3.63, 3.8) is 0 Å². The number of benzene rings is 3. The summed E-state index contributed by atoms with van der Waals surface area (Å²) in [4.78, 5) is 31.7. The minimum absolute atomic E-state index is 0. The van der Waals surface area contributed by atoms with Crippen LogP contribution in [0.5, 0.6) is 11.5 Å². The van der Waals surface area contributed by atoms with E-state index in [0.29, 0.717) is 46.4 Å². The second kappa shape index (κ2) is 10.6. The lowest BCUT2D eigenvalue weighted by Gasteiger charge is -2.22. The predicted molar refractivity (Wildman–Crippen MR) is 138 cm³/mol. The topological polar surface area (TPSA) is 71.5 Å². The number of halogens is 2. The highest BCUT2D eigenvalue weighted by Crippen LogP contribution is 2.40. The number of ether oxygens (including phenoxy) is 1. The summed E-state index contributed by atoms with van der Waals surface area (Å²) in [6, 6.07) is 23.1. The number of carbonyl (C=O) groups is 2. The van der Waals surface area contributed by atoms with Crippen LogP contribution in [0.2, 0.25) is 5.02 Å². The van der Waals surface area contributed by atoms with Crippen LogP contribution >= 0.6 is 24.0 Å². The van der Waals surface area contributed by atoms with Gasteiger partial charge in [0.05, 0.1) is 12.2 Å². The Morgan fingerprint density at radius 3 is 2.40 bits per heavy atom. The molecule has 0 bridgehead atoms. The van der Waals surface area contributed by atoms with Crippen molar-refractivity contribution in [3.05, 3.63) is 119 Å². The van der Waals surface area contributed by atoms with E-state index in [9.17, 15) is 9.59 Å². The number of carbonyl (C=O) groups excluding carboxylic acids is 2. The van der Waals surface area contributed by atoms with Crippen LogP contribution in [-0.2, 0) is 13.1 Å². The lowest BCUT2D eigenvalue weighted by Crippen LogP contribution is -2.30. The number of hydrogen-bond donors (Lipinski definition) is 1. The largest absolute Gasteiger partial charge is 0.455 e. The van der Waals surface area contributed by atoms with Gasteiger partial charge in [0.15, 0.2) is 5.75 Å². The lowest BCUT2D eigenvalue weighted by atomic mass is 10.1. The zero-order valence-corrected chi connectivity index (χ0v) is 20.1. The Balaban J connectivity index is 0.00000289. The molecule has 8 heteroatoms. The van der Waals surface area contributed by atoms with E-state index in [-0.39, 0.29) is 24.2 Å². The molecule has 0 spiro atoms. The second-order valence-corrected chi connectivity index (χ2v) is 8.27. The Morgan fingerprint density at radius 2 is 1.63 bits per heavy atom. The maximum Gasteiger partial charge on any atom is 0.258 e. The highest BCUT2D eigenvalue weighted by atomic mass is 35.5. The highest BCUT2D eigenvalue weighted by molar-refractivity contribution is 6.31. The van der Waals surface area contributed by atoms with Gasteiger partial charge in [-0.1, -0.05) is 29.8 Å². The third-order valence-electron chi connectivity index (χ3n) is 5.57. The molecule has 1 aliphatic rings. The van der Waals surface area contributed by atoms with Crippen molar-refractivity contribution in [2.45, 2.75) is 13.1 Å². The molecular weight excluding hydrogens is 485 g/mol. The molecule has 5 rings (SSSR count). The molecule has 1 aliphatic heterocycles. The van der Waals surface area contributed by atoms with E-state index < -0.39 is 0 Å². The van der Waals surface area contributed by atoms with Crippen molar-refractivity contribution in [2.75, 3.05) is 4.90 Å². The van der Waals surface area contributed by atoms with Gasteiger partial charge in [0.25, 0.3) is 11.8 Å². The van der Waals surface area contributed by atoms with Gasteiger partial charge in [-0.15, -0.1) is 12.4 Å². The third kappa shape index (κ3) is 5.29. The molecule has 1 N–H and O–H groups in total. The van der Waals surface area contributed by atoms with Gasteiger partial charge < -0.3 is 15.0 Å². The quantitative estimate of drug-likeness (QED) is 0.367. The number of fused-ring (bicyclic) bond motifs is 2. The maximum absolute atomic E-state index is 13.5. The smallest absolute Gasteiger partial charge is 0.258 e. The Labute approximate surface area is 213 Å². The molecule has 0 fully saturated rings. The number of pyridine rings is 1. The number of anilines is 1. The molecule has 0 saturated carbocycles. The second-order valence-electron chi connectivity index (χ2n) is 7.83. The summed E-state index contributed by atoms with van der Waals surface area (Å²) in [5.74, 6) is 0.815. The number of nitrogens with zero attached hydrogens (tertiary/aromatic N) is 2. The van der Waals surface area contributed by atoms with Gasteiger partial charge in [0.1, 0.15) is 5.75 Å². The van der Waals surface area contributed by atoms with Crippen LogP contribution in [0.25, 0.3) is 0 Å². The lowest BCUT2D eigenvalue weighted by molar-refractivity contribution is 0.0947. The number of hydrogen-bond acceptors (Lipinski definition) is 4. The van der Waals surface area contributed by atoms with E-state index in [1.54, 1.807) is 59.8 Å². The highest BCUT2D eigenvalue weighted by Gasteiger charge is 2.26. The molecule has 0 atom stereocenters. The van der Waals surface area contributed by atoms with Crippen LogP contribution in [0.1, 0.15) is 31.8 Å². The first kappa shape index (κ1) is 24.3. The standard InChI is InChI=1S/C27H20ClN3O3.ClH/c28-22-9-10-25-23(15-22)31(17-21-3-1-2-4-24(21)34-25)27(33)20-7-5-19(6-8-20)26(32)30-16-18-11-13-29-14-12-18;/h1-15H,16-17H2,(H,30,32);1H. The maximum atomic E-state index is 13.5. The van der Waals surface area contributed by atoms with E-state index in [4.69, 9.17) is 16.3 Å². The van der Waals surface area contributed by atoms with Crippen LogP contribution in [0.4, 0.5) is 5.69 Å². The summed E-state index contributed by atoms with van der Waals surface area (Å²) in [7, 11) is 0. The minimum Gasteiger partial charge on any atom is -0.455 e. The monoisotopic (exact) mass is 505 g/mol. The molecule has 0 unspecified atom stereocenters. The number of rotatable bonds is 4. The summed E-state index contributed by atoms with van der Waals surface area (Å²) < 4.78 is 6.08. The predicted octanol–water partition coefficient (Wildman–Crippen LogP) is 6.04. The summed E-state index contributed by atoms with van der Waals surface area (Å²) in [5.41, 5.74) is 3.36. The summed E-state index contributed by atoms with van der Waals surface area (Å²) >= 11 is 6.25. The normalized spacial score (nSPS) is 11.7. The fourth-order valence-electron chi connectivity index (χ4n) is 3.78. The van der Waals surface area contributed by atoms with Crippen molar-refractivity contribution >= 4 is 41.5 Å². The number of amides is 2. The molecule has 1 aromatic heterocycles. The fraction of sp³-hybridized carbons (Fsp3) is 0.0741. The van der Waals surface area contributed by atoms with Crippen molar-refractivity contribution in [1.82, 2.24) is 10.3 Å².